The van der Waals surface area contributed by atoms with Gasteiger partial charge in [-0.1, -0.05) is 0 Å². The molecule has 0 spiro atoms. The largest absolute Gasteiger partial charge is 0.381 e. The smallest absolute Gasteiger partial charge is 0.169 e. The van der Waals surface area contributed by atoms with E-state index >= 15 is 0 Å². The number of carbonyl (C=O) groups excluding carboxylic acids is 1. The maximum absolute atomic E-state index is 11.8. The van der Waals surface area contributed by atoms with Crippen LogP contribution in [0.3, 0.4) is 0 Å². The predicted molar refractivity (Wildman–Crippen MR) is 47.5 cm³/mol. The van der Waals surface area contributed by atoms with Crippen molar-refractivity contribution >= 4 is 5.78 Å². The third-order valence-electron chi connectivity index (χ3n) is 3.09. The Kier molecular flexibility index (Phi) is 2.16. The van der Waals surface area contributed by atoms with Crippen LogP contribution >= 0.6 is 0 Å². The summed E-state index contributed by atoms with van der Waals surface area (Å²) in [4.78, 5) is 11.8. The molecule has 2 heterocycles. The number of ketones is 1. The molecule has 0 aromatic carbocycles. The van der Waals surface area contributed by atoms with Crippen molar-refractivity contribution < 1.29 is 14.3 Å². The molecule has 0 radical (unpaired) electrons. The first-order valence-electron chi connectivity index (χ1n) is 4.87. The highest BCUT2D eigenvalue weighted by molar-refractivity contribution is 5.90. The lowest BCUT2D eigenvalue weighted by Crippen LogP contribution is -2.32. The van der Waals surface area contributed by atoms with E-state index in [2.05, 4.69) is 0 Å². The van der Waals surface area contributed by atoms with Crippen molar-refractivity contribution in [1.29, 1.82) is 0 Å². The summed E-state index contributed by atoms with van der Waals surface area (Å²) in [6.45, 7) is 5.82. The maximum Gasteiger partial charge on any atom is 0.169 e. The van der Waals surface area contributed by atoms with Crippen LogP contribution in [0, 0.1) is 11.8 Å². The van der Waals surface area contributed by atoms with E-state index < -0.39 is 5.60 Å². The Labute approximate surface area is 78.4 Å². The molecule has 2 saturated heterocycles. The minimum absolute atomic E-state index is 0.0810. The van der Waals surface area contributed by atoms with Gasteiger partial charge < -0.3 is 9.47 Å². The summed E-state index contributed by atoms with van der Waals surface area (Å²) in [6, 6.07) is 0. The first kappa shape index (κ1) is 9.16. The molecule has 13 heavy (non-hydrogen) atoms. The van der Waals surface area contributed by atoms with Crippen LogP contribution in [0.1, 0.15) is 20.3 Å². The second-order valence-electron chi connectivity index (χ2n) is 4.42. The Morgan fingerprint density at radius 3 is 2.62 bits per heavy atom. The lowest BCUT2D eigenvalue weighted by molar-refractivity contribution is -0.130. The van der Waals surface area contributed by atoms with Crippen molar-refractivity contribution in [2.24, 2.45) is 11.8 Å². The monoisotopic (exact) mass is 184 g/mol. The van der Waals surface area contributed by atoms with E-state index in [-0.39, 0.29) is 11.7 Å². The van der Waals surface area contributed by atoms with Crippen LogP contribution in [0.15, 0.2) is 0 Å². The average Bonchev–Trinajstić information content (AvgIpc) is 2.63. The first-order chi connectivity index (χ1) is 6.11. The van der Waals surface area contributed by atoms with Gasteiger partial charge in [-0.15, -0.1) is 0 Å². The van der Waals surface area contributed by atoms with E-state index in [0.29, 0.717) is 12.5 Å². The molecule has 0 amide bonds. The van der Waals surface area contributed by atoms with Crippen LogP contribution in [0.25, 0.3) is 0 Å². The highest BCUT2D eigenvalue weighted by Crippen LogP contribution is 2.33. The number of rotatable bonds is 1. The van der Waals surface area contributed by atoms with E-state index in [4.69, 9.17) is 9.47 Å². The lowest BCUT2D eigenvalue weighted by Gasteiger charge is -2.16. The zero-order valence-electron chi connectivity index (χ0n) is 8.21. The van der Waals surface area contributed by atoms with E-state index in [0.717, 1.165) is 19.6 Å². The molecule has 2 atom stereocenters. The van der Waals surface area contributed by atoms with Gasteiger partial charge in [-0.05, 0) is 26.2 Å². The predicted octanol–water partition coefficient (Wildman–Crippen LogP) is 1.02. The molecule has 2 rings (SSSR count). The van der Waals surface area contributed by atoms with Gasteiger partial charge in [0, 0.05) is 12.5 Å². The molecule has 0 N–H and O–H groups in total. The molecule has 0 bridgehead atoms. The SMILES string of the molecule is CC1(C)OCC(C2CCOC2)C1=O. The van der Waals surface area contributed by atoms with Crippen LogP contribution in [-0.2, 0) is 14.3 Å². The van der Waals surface area contributed by atoms with Gasteiger partial charge in [-0.2, -0.15) is 0 Å². The normalized spacial score (nSPS) is 38.5. The van der Waals surface area contributed by atoms with Gasteiger partial charge in [0.1, 0.15) is 5.60 Å². The van der Waals surface area contributed by atoms with Crippen molar-refractivity contribution in [3.63, 3.8) is 0 Å². The van der Waals surface area contributed by atoms with Crippen molar-refractivity contribution in [3.05, 3.63) is 0 Å². The fraction of sp³-hybridized carbons (Fsp3) is 0.900. The van der Waals surface area contributed by atoms with Crippen molar-refractivity contribution in [2.45, 2.75) is 25.9 Å². The molecule has 2 aliphatic rings. The van der Waals surface area contributed by atoms with Crippen LogP contribution < -0.4 is 0 Å². The zero-order valence-corrected chi connectivity index (χ0v) is 8.21. The third-order valence-corrected chi connectivity index (χ3v) is 3.09. The number of hydrogen-bond acceptors (Lipinski definition) is 3. The van der Waals surface area contributed by atoms with Gasteiger partial charge in [0.15, 0.2) is 5.78 Å². The number of carbonyl (C=O) groups is 1. The molecule has 3 heteroatoms. The summed E-state index contributed by atoms with van der Waals surface area (Å²) >= 11 is 0. The number of ether oxygens (including phenoxy) is 2. The lowest BCUT2D eigenvalue weighted by atomic mass is 9.85. The van der Waals surface area contributed by atoms with E-state index in [1.807, 2.05) is 13.8 Å². The molecular weight excluding hydrogens is 168 g/mol. The van der Waals surface area contributed by atoms with Gasteiger partial charge >= 0.3 is 0 Å². The Balaban J connectivity index is 2.06. The highest BCUT2D eigenvalue weighted by atomic mass is 16.5. The van der Waals surface area contributed by atoms with Crippen LogP contribution in [0.4, 0.5) is 0 Å². The van der Waals surface area contributed by atoms with Crippen LogP contribution in [0.2, 0.25) is 0 Å². The molecule has 2 fully saturated rings. The van der Waals surface area contributed by atoms with Gasteiger partial charge in [0.25, 0.3) is 0 Å². The van der Waals surface area contributed by atoms with Crippen LogP contribution in [-0.4, -0.2) is 31.2 Å². The summed E-state index contributed by atoms with van der Waals surface area (Å²) in [7, 11) is 0. The molecule has 0 saturated carbocycles. The zero-order chi connectivity index (χ0) is 9.47. The van der Waals surface area contributed by atoms with E-state index in [1.165, 1.54) is 0 Å². The summed E-state index contributed by atoms with van der Waals surface area (Å²) in [5, 5.41) is 0. The summed E-state index contributed by atoms with van der Waals surface area (Å²) in [6.07, 6.45) is 1.01. The fourth-order valence-electron chi connectivity index (χ4n) is 2.11. The van der Waals surface area contributed by atoms with Crippen molar-refractivity contribution in [2.75, 3.05) is 19.8 Å². The maximum atomic E-state index is 11.8. The Morgan fingerprint density at radius 2 is 2.15 bits per heavy atom. The molecule has 74 valence electrons. The quantitative estimate of drug-likeness (QED) is 0.610. The van der Waals surface area contributed by atoms with Crippen LogP contribution in [0.5, 0.6) is 0 Å². The Hall–Kier alpha value is -0.410. The number of hydrogen-bond donors (Lipinski definition) is 0. The molecule has 2 aliphatic heterocycles. The second-order valence-corrected chi connectivity index (χ2v) is 4.42. The number of Topliss-reactive ketones (excluding diaryl/α,β-unsaturated/α-hetero) is 1. The van der Waals surface area contributed by atoms with Crippen molar-refractivity contribution in [3.8, 4) is 0 Å². The molecule has 2 unspecified atom stereocenters. The van der Waals surface area contributed by atoms with Gasteiger partial charge in [-0.25, -0.2) is 0 Å². The fourth-order valence-corrected chi connectivity index (χ4v) is 2.11. The Bertz CT molecular complexity index is 216. The van der Waals surface area contributed by atoms with Crippen molar-refractivity contribution in [1.82, 2.24) is 0 Å². The van der Waals surface area contributed by atoms with Gasteiger partial charge in [-0.3, -0.25) is 4.79 Å². The molecule has 0 aliphatic carbocycles. The topological polar surface area (TPSA) is 35.5 Å². The first-order valence-corrected chi connectivity index (χ1v) is 4.87. The summed E-state index contributed by atoms with van der Waals surface area (Å²) in [5.41, 5.74) is -0.562. The minimum atomic E-state index is -0.562. The van der Waals surface area contributed by atoms with E-state index in [1.54, 1.807) is 0 Å². The summed E-state index contributed by atoms with van der Waals surface area (Å²) in [5.74, 6) is 0.731. The second kappa shape index (κ2) is 3.07. The molecule has 0 aromatic rings. The van der Waals surface area contributed by atoms with E-state index in [9.17, 15) is 4.79 Å². The van der Waals surface area contributed by atoms with Gasteiger partial charge in [0.05, 0.1) is 13.2 Å². The average molecular weight is 184 g/mol. The Morgan fingerprint density at radius 1 is 1.38 bits per heavy atom. The minimum Gasteiger partial charge on any atom is -0.381 e. The highest BCUT2D eigenvalue weighted by Gasteiger charge is 2.45. The van der Waals surface area contributed by atoms with Gasteiger partial charge in [0.2, 0.25) is 0 Å². The molecule has 3 nitrogen and oxygen atoms in total. The molecular formula is C10H16O3. The molecule has 0 aromatic heterocycles. The third kappa shape index (κ3) is 1.51. The summed E-state index contributed by atoms with van der Waals surface area (Å²) < 4.78 is 10.8. The standard InChI is InChI=1S/C10H16O3/c1-10(2)9(11)8(6-13-10)7-3-4-12-5-7/h7-8H,3-6H2,1-2H3.